The van der Waals surface area contributed by atoms with Gasteiger partial charge in [-0.1, -0.05) is 17.0 Å². The van der Waals surface area contributed by atoms with Gasteiger partial charge in [0.2, 0.25) is 0 Å². The van der Waals surface area contributed by atoms with Crippen molar-refractivity contribution >= 4 is 11.0 Å². The van der Waals surface area contributed by atoms with E-state index in [9.17, 15) is 0 Å². The molecule has 0 radical (unpaired) electrons. The highest BCUT2D eigenvalue weighted by molar-refractivity contribution is 5.76. The van der Waals surface area contributed by atoms with E-state index in [4.69, 9.17) is 5.53 Å². The van der Waals surface area contributed by atoms with Gasteiger partial charge in [0.25, 0.3) is 0 Å². The van der Waals surface area contributed by atoms with Gasteiger partial charge in [-0.3, -0.25) is 0 Å². The fraction of sp³-hybridized carbons (Fsp3) is 0.182. The Labute approximate surface area is 92.1 Å². The first-order chi connectivity index (χ1) is 7.79. The SMILES string of the molecule is Cc1nc2ccc(C#CCN=[N+]=[N-])cc2[nH]1. The van der Waals surface area contributed by atoms with Gasteiger partial charge in [-0.25, -0.2) is 4.98 Å². The highest BCUT2D eigenvalue weighted by Crippen LogP contribution is 2.12. The van der Waals surface area contributed by atoms with Crippen LogP contribution in [-0.4, -0.2) is 16.5 Å². The van der Waals surface area contributed by atoms with Crippen molar-refractivity contribution in [2.24, 2.45) is 5.11 Å². The summed E-state index contributed by atoms with van der Waals surface area (Å²) in [6.45, 7) is 2.10. The van der Waals surface area contributed by atoms with Crippen LogP contribution in [0.25, 0.3) is 21.5 Å². The van der Waals surface area contributed by atoms with Gasteiger partial charge < -0.3 is 4.98 Å². The average molecular weight is 211 g/mol. The first-order valence-electron chi connectivity index (χ1n) is 4.76. The molecule has 0 spiro atoms. The summed E-state index contributed by atoms with van der Waals surface area (Å²) in [5, 5.41) is 3.34. The van der Waals surface area contributed by atoms with E-state index in [1.807, 2.05) is 25.1 Å². The van der Waals surface area contributed by atoms with E-state index < -0.39 is 0 Å². The van der Waals surface area contributed by atoms with E-state index in [0.717, 1.165) is 22.4 Å². The van der Waals surface area contributed by atoms with Gasteiger partial charge in [0, 0.05) is 10.5 Å². The number of nitrogens with one attached hydrogen (secondary N) is 1. The zero-order valence-electron chi connectivity index (χ0n) is 8.73. The van der Waals surface area contributed by atoms with Crippen LogP contribution in [0.3, 0.4) is 0 Å². The molecule has 5 heteroatoms. The molecular formula is C11H9N5. The molecule has 0 unspecified atom stereocenters. The number of benzene rings is 1. The van der Waals surface area contributed by atoms with Crippen LogP contribution in [0.15, 0.2) is 23.3 Å². The summed E-state index contributed by atoms with van der Waals surface area (Å²) in [5.41, 5.74) is 10.9. The van der Waals surface area contributed by atoms with Gasteiger partial charge in [-0.05, 0) is 30.7 Å². The van der Waals surface area contributed by atoms with Gasteiger partial charge in [0.15, 0.2) is 0 Å². The minimum atomic E-state index is 0.191. The highest BCUT2D eigenvalue weighted by Gasteiger charge is 1.98. The van der Waals surface area contributed by atoms with Crippen molar-refractivity contribution in [1.29, 1.82) is 0 Å². The molecule has 1 heterocycles. The lowest BCUT2D eigenvalue weighted by Crippen LogP contribution is -1.76. The van der Waals surface area contributed by atoms with Gasteiger partial charge in [-0.2, -0.15) is 0 Å². The smallest absolute Gasteiger partial charge is 0.104 e. The number of hydrogen-bond acceptors (Lipinski definition) is 2. The van der Waals surface area contributed by atoms with Crippen molar-refractivity contribution in [2.45, 2.75) is 6.92 Å². The molecule has 0 bridgehead atoms. The Bertz CT molecular complexity index is 623. The third-order valence-electron chi connectivity index (χ3n) is 2.05. The Morgan fingerprint density at radius 1 is 1.56 bits per heavy atom. The normalized spacial score (nSPS) is 9.31. The number of aromatic nitrogens is 2. The highest BCUT2D eigenvalue weighted by atomic mass is 15.1. The maximum absolute atomic E-state index is 8.08. The predicted octanol–water partition coefficient (Wildman–Crippen LogP) is 2.53. The molecule has 0 atom stereocenters. The molecule has 0 fully saturated rings. The Balaban J connectivity index is 2.30. The molecule has 0 aliphatic heterocycles. The molecule has 0 aliphatic rings. The van der Waals surface area contributed by atoms with Crippen LogP contribution in [0.2, 0.25) is 0 Å². The molecule has 1 aromatic carbocycles. The topological polar surface area (TPSA) is 77.4 Å². The minimum Gasteiger partial charge on any atom is -0.342 e. The molecule has 78 valence electrons. The summed E-state index contributed by atoms with van der Waals surface area (Å²) >= 11 is 0. The van der Waals surface area contributed by atoms with Crippen LogP contribution in [0.4, 0.5) is 0 Å². The molecule has 0 saturated carbocycles. The lowest BCUT2D eigenvalue weighted by Gasteiger charge is -1.89. The van der Waals surface area contributed by atoms with Crippen LogP contribution >= 0.6 is 0 Å². The molecule has 5 nitrogen and oxygen atoms in total. The summed E-state index contributed by atoms with van der Waals surface area (Å²) in [6.07, 6.45) is 0. The zero-order valence-corrected chi connectivity index (χ0v) is 8.73. The van der Waals surface area contributed by atoms with E-state index in [2.05, 4.69) is 31.8 Å². The van der Waals surface area contributed by atoms with E-state index in [1.54, 1.807) is 0 Å². The van der Waals surface area contributed by atoms with Crippen molar-refractivity contribution in [3.63, 3.8) is 0 Å². The van der Waals surface area contributed by atoms with Crippen LogP contribution in [-0.2, 0) is 0 Å². The monoisotopic (exact) mass is 211 g/mol. The Morgan fingerprint density at radius 3 is 3.25 bits per heavy atom. The maximum Gasteiger partial charge on any atom is 0.104 e. The molecular weight excluding hydrogens is 202 g/mol. The summed E-state index contributed by atoms with van der Waals surface area (Å²) < 4.78 is 0. The lowest BCUT2D eigenvalue weighted by atomic mass is 10.2. The number of rotatable bonds is 1. The number of fused-ring (bicyclic) bond motifs is 1. The summed E-state index contributed by atoms with van der Waals surface area (Å²) in [7, 11) is 0. The molecule has 2 rings (SSSR count). The van der Waals surface area contributed by atoms with Crippen molar-refractivity contribution in [2.75, 3.05) is 6.54 Å². The number of imidazole rings is 1. The molecule has 16 heavy (non-hydrogen) atoms. The van der Waals surface area contributed by atoms with Gasteiger partial charge in [0.1, 0.15) is 5.82 Å². The van der Waals surface area contributed by atoms with E-state index in [-0.39, 0.29) is 6.54 Å². The first-order valence-corrected chi connectivity index (χ1v) is 4.76. The van der Waals surface area contributed by atoms with Crippen molar-refractivity contribution in [3.8, 4) is 11.8 Å². The van der Waals surface area contributed by atoms with Gasteiger partial charge in [0.05, 0.1) is 17.6 Å². The Hall–Kier alpha value is -2.44. The second-order valence-electron chi connectivity index (χ2n) is 3.24. The molecule has 0 aliphatic carbocycles. The lowest BCUT2D eigenvalue weighted by molar-refractivity contribution is 1.17. The van der Waals surface area contributed by atoms with Crippen molar-refractivity contribution < 1.29 is 0 Å². The quantitative estimate of drug-likeness (QED) is 0.334. The Morgan fingerprint density at radius 2 is 2.44 bits per heavy atom. The second kappa shape index (κ2) is 4.39. The largest absolute Gasteiger partial charge is 0.342 e. The third-order valence-corrected chi connectivity index (χ3v) is 2.05. The number of aromatic amines is 1. The average Bonchev–Trinajstić information content (AvgIpc) is 2.64. The van der Waals surface area contributed by atoms with E-state index in [0.29, 0.717) is 0 Å². The van der Waals surface area contributed by atoms with E-state index in [1.165, 1.54) is 0 Å². The van der Waals surface area contributed by atoms with E-state index >= 15 is 0 Å². The fourth-order valence-corrected chi connectivity index (χ4v) is 1.42. The number of nitrogens with zero attached hydrogens (tertiary/aromatic N) is 4. The van der Waals surface area contributed by atoms with Crippen LogP contribution in [0, 0.1) is 18.8 Å². The van der Waals surface area contributed by atoms with Gasteiger partial charge >= 0.3 is 0 Å². The summed E-state index contributed by atoms with van der Waals surface area (Å²) in [5.74, 6) is 6.57. The molecule has 2 aromatic rings. The van der Waals surface area contributed by atoms with Crippen molar-refractivity contribution in [3.05, 3.63) is 40.0 Å². The number of hydrogen-bond donors (Lipinski definition) is 1. The summed E-state index contributed by atoms with van der Waals surface area (Å²) in [6, 6.07) is 5.74. The number of H-pyrrole nitrogens is 1. The molecule has 1 N–H and O–H groups in total. The fourth-order valence-electron chi connectivity index (χ4n) is 1.42. The maximum atomic E-state index is 8.08. The molecule has 0 amide bonds. The van der Waals surface area contributed by atoms with Crippen LogP contribution < -0.4 is 0 Å². The minimum absolute atomic E-state index is 0.191. The standard InChI is InChI=1S/C11H9N5/c1-8-14-10-5-4-9(7-11(10)15-8)3-2-6-13-16-12/h4-5,7H,6H2,1H3,(H,14,15). The first kappa shape index (κ1) is 10.1. The third kappa shape index (κ3) is 2.14. The number of azide groups is 1. The zero-order chi connectivity index (χ0) is 11.4. The second-order valence-corrected chi connectivity index (χ2v) is 3.24. The number of aryl methyl sites for hydroxylation is 1. The van der Waals surface area contributed by atoms with Gasteiger partial charge in [-0.15, -0.1) is 0 Å². The summed E-state index contributed by atoms with van der Waals surface area (Å²) in [4.78, 5) is 10.1. The van der Waals surface area contributed by atoms with Crippen LogP contribution in [0.5, 0.6) is 0 Å². The molecule has 0 saturated heterocycles. The van der Waals surface area contributed by atoms with Crippen molar-refractivity contribution in [1.82, 2.24) is 9.97 Å². The van der Waals surface area contributed by atoms with Crippen LogP contribution in [0.1, 0.15) is 11.4 Å². The molecule has 1 aromatic heterocycles. The Kier molecular flexibility index (Phi) is 2.77. The predicted molar refractivity (Wildman–Crippen MR) is 61.7 cm³/mol.